The summed E-state index contributed by atoms with van der Waals surface area (Å²) in [5, 5.41) is 10.8. The smallest absolute Gasteiger partial charge is 0.191 e. The number of aliphatic imine (C=N–C) groups is 1. The molecule has 8 heteroatoms. The van der Waals surface area contributed by atoms with E-state index < -0.39 is 0 Å². The number of nitrogens with zero attached hydrogens (tertiary/aromatic N) is 2. The van der Waals surface area contributed by atoms with Crippen molar-refractivity contribution in [3.63, 3.8) is 0 Å². The molecule has 0 aliphatic rings. The minimum atomic E-state index is 0. The molecule has 2 rings (SSSR count). The summed E-state index contributed by atoms with van der Waals surface area (Å²) in [6.07, 6.45) is 0. The van der Waals surface area contributed by atoms with Crippen LogP contribution in [-0.4, -0.2) is 44.0 Å². The summed E-state index contributed by atoms with van der Waals surface area (Å²) >= 11 is 0. The molecule has 31 heavy (non-hydrogen) atoms. The molecule has 0 bridgehead atoms. The van der Waals surface area contributed by atoms with Gasteiger partial charge in [-0.25, -0.2) is 4.99 Å². The molecule has 1 aromatic heterocycles. The van der Waals surface area contributed by atoms with E-state index in [-0.39, 0.29) is 29.9 Å². The Morgan fingerprint density at radius 2 is 1.94 bits per heavy atom. The Balaban J connectivity index is 0.00000480. The maximum atomic E-state index is 5.93. The van der Waals surface area contributed by atoms with Crippen molar-refractivity contribution >= 4 is 29.9 Å². The van der Waals surface area contributed by atoms with Gasteiger partial charge in [0.05, 0.1) is 18.8 Å². The van der Waals surface area contributed by atoms with Crippen LogP contribution < -0.4 is 15.4 Å². The highest BCUT2D eigenvalue weighted by Gasteiger charge is 2.16. The Morgan fingerprint density at radius 1 is 1.16 bits per heavy atom. The van der Waals surface area contributed by atoms with Crippen molar-refractivity contribution in [1.29, 1.82) is 0 Å². The van der Waals surface area contributed by atoms with E-state index in [1.807, 2.05) is 20.8 Å². The molecule has 0 spiro atoms. The predicted octanol–water partition coefficient (Wildman–Crippen LogP) is 4.49. The molecular formula is C23H37IN4O3. The van der Waals surface area contributed by atoms with Gasteiger partial charge in [-0.2, -0.15) is 0 Å². The zero-order valence-electron chi connectivity index (χ0n) is 19.6. The lowest BCUT2D eigenvalue weighted by Crippen LogP contribution is -2.39. The Bertz CT molecular complexity index is 804. The van der Waals surface area contributed by atoms with Crippen LogP contribution in [0.15, 0.2) is 27.7 Å². The van der Waals surface area contributed by atoms with Gasteiger partial charge in [-0.15, -0.1) is 24.0 Å². The first-order valence-electron chi connectivity index (χ1n) is 10.7. The lowest BCUT2D eigenvalue weighted by molar-refractivity contribution is 0.110. The monoisotopic (exact) mass is 544 g/mol. The second kappa shape index (κ2) is 14.3. The fourth-order valence-electron chi connectivity index (χ4n) is 3.33. The van der Waals surface area contributed by atoms with Gasteiger partial charge in [0.1, 0.15) is 18.1 Å². The number of aromatic nitrogens is 1. The van der Waals surface area contributed by atoms with E-state index in [2.05, 4.69) is 54.8 Å². The van der Waals surface area contributed by atoms with Crippen molar-refractivity contribution in [2.45, 2.75) is 54.0 Å². The van der Waals surface area contributed by atoms with Gasteiger partial charge in [0.2, 0.25) is 0 Å². The van der Waals surface area contributed by atoms with E-state index in [9.17, 15) is 0 Å². The number of halogens is 1. The van der Waals surface area contributed by atoms with Gasteiger partial charge in [0, 0.05) is 36.7 Å². The summed E-state index contributed by atoms with van der Waals surface area (Å²) in [6, 6.07) is 6.21. The van der Waals surface area contributed by atoms with Crippen LogP contribution in [0, 0.1) is 20.8 Å². The van der Waals surface area contributed by atoms with E-state index in [1.54, 1.807) is 0 Å². The molecule has 1 heterocycles. The number of benzene rings is 1. The Kier molecular flexibility index (Phi) is 12.5. The molecular weight excluding hydrogens is 507 g/mol. The lowest BCUT2D eigenvalue weighted by Gasteiger charge is -2.16. The molecule has 1 atom stereocenters. The molecule has 0 aliphatic heterocycles. The van der Waals surface area contributed by atoms with E-state index in [4.69, 9.17) is 19.0 Å². The maximum Gasteiger partial charge on any atom is 0.191 e. The second-order valence-electron chi connectivity index (χ2n) is 7.37. The maximum absolute atomic E-state index is 5.93. The van der Waals surface area contributed by atoms with Crippen molar-refractivity contribution in [3.8, 4) is 5.75 Å². The molecule has 174 valence electrons. The Morgan fingerprint density at radius 3 is 2.58 bits per heavy atom. The first-order chi connectivity index (χ1) is 14.5. The van der Waals surface area contributed by atoms with Gasteiger partial charge in [-0.3, -0.25) is 0 Å². The van der Waals surface area contributed by atoms with E-state index in [0.29, 0.717) is 26.4 Å². The normalized spacial score (nSPS) is 12.3. The van der Waals surface area contributed by atoms with Gasteiger partial charge < -0.3 is 24.6 Å². The second-order valence-corrected chi connectivity index (χ2v) is 7.37. The number of ether oxygens (including phenoxy) is 2. The molecule has 2 N–H and O–H groups in total. The SMILES string of the molecule is CCNC(=NCc1ccc(C)cc1OCCOCC)NCC(C)c1c(C)noc1C.I. The van der Waals surface area contributed by atoms with Gasteiger partial charge in [0.15, 0.2) is 5.96 Å². The quantitative estimate of drug-likeness (QED) is 0.188. The van der Waals surface area contributed by atoms with Crippen LogP contribution in [0.3, 0.4) is 0 Å². The number of aryl methyl sites for hydroxylation is 3. The zero-order valence-corrected chi connectivity index (χ0v) is 21.9. The van der Waals surface area contributed by atoms with Gasteiger partial charge in [-0.05, 0) is 46.2 Å². The topological polar surface area (TPSA) is 80.9 Å². The molecule has 0 radical (unpaired) electrons. The summed E-state index contributed by atoms with van der Waals surface area (Å²) in [4.78, 5) is 4.76. The molecule has 1 unspecified atom stereocenters. The Hall–Kier alpha value is -1.81. The summed E-state index contributed by atoms with van der Waals surface area (Å²) in [7, 11) is 0. The molecule has 2 aromatic rings. The largest absolute Gasteiger partial charge is 0.491 e. The molecule has 1 aromatic carbocycles. The standard InChI is InChI=1S/C23H36N4O3.HI/c1-7-24-23(25-14-17(4)22-18(5)27-30-19(22)6)26-15-20-10-9-16(3)13-21(20)29-12-11-28-8-2;/h9-10,13,17H,7-8,11-12,14-15H2,1-6H3,(H2,24,25,26);1H. The number of guanidine groups is 1. The minimum Gasteiger partial charge on any atom is -0.491 e. The van der Waals surface area contributed by atoms with Gasteiger partial charge >= 0.3 is 0 Å². The molecule has 0 amide bonds. The van der Waals surface area contributed by atoms with Crippen LogP contribution >= 0.6 is 24.0 Å². The average molecular weight is 544 g/mol. The van der Waals surface area contributed by atoms with Gasteiger partial charge in [-0.1, -0.05) is 24.2 Å². The van der Waals surface area contributed by atoms with Crippen molar-refractivity contribution < 1.29 is 14.0 Å². The summed E-state index contributed by atoms with van der Waals surface area (Å²) in [5.41, 5.74) is 4.31. The highest BCUT2D eigenvalue weighted by atomic mass is 127. The molecule has 0 saturated carbocycles. The zero-order chi connectivity index (χ0) is 21.9. The summed E-state index contributed by atoms with van der Waals surface area (Å²) < 4.78 is 16.6. The fraction of sp³-hybridized carbons (Fsp3) is 0.565. The van der Waals surface area contributed by atoms with Crippen LogP contribution in [0.1, 0.15) is 54.8 Å². The number of rotatable bonds is 11. The summed E-state index contributed by atoms with van der Waals surface area (Å²) in [6.45, 7) is 16.0. The highest BCUT2D eigenvalue weighted by Crippen LogP contribution is 2.23. The highest BCUT2D eigenvalue weighted by molar-refractivity contribution is 14.0. The lowest BCUT2D eigenvalue weighted by atomic mass is 10.00. The van der Waals surface area contributed by atoms with Crippen LogP contribution in [0.2, 0.25) is 0 Å². The number of hydrogen-bond donors (Lipinski definition) is 2. The van der Waals surface area contributed by atoms with Crippen LogP contribution in [0.4, 0.5) is 0 Å². The van der Waals surface area contributed by atoms with Crippen molar-refractivity contribution in [2.75, 3.05) is 32.9 Å². The average Bonchev–Trinajstić information content (AvgIpc) is 3.06. The third-order valence-electron chi connectivity index (χ3n) is 4.82. The van der Waals surface area contributed by atoms with E-state index in [1.165, 1.54) is 0 Å². The van der Waals surface area contributed by atoms with Crippen LogP contribution in [-0.2, 0) is 11.3 Å². The summed E-state index contributed by atoms with van der Waals surface area (Å²) in [5.74, 6) is 2.77. The number of nitrogens with one attached hydrogen (secondary N) is 2. The third-order valence-corrected chi connectivity index (χ3v) is 4.82. The van der Waals surface area contributed by atoms with E-state index in [0.717, 1.165) is 52.9 Å². The molecule has 0 fully saturated rings. The first-order valence-corrected chi connectivity index (χ1v) is 10.7. The third kappa shape index (κ3) is 8.68. The minimum absolute atomic E-state index is 0. The fourth-order valence-corrected chi connectivity index (χ4v) is 3.33. The van der Waals surface area contributed by atoms with Crippen molar-refractivity contribution in [1.82, 2.24) is 15.8 Å². The van der Waals surface area contributed by atoms with Crippen molar-refractivity contribution in [2.24, 2.45) is 4.99 Å². The molecule has 0 aliphatic carbocycles. The molecule has 0 saturated heterocycles. The van der Waals surface area contributed by atoms with Crippen molar-refractivity contribution in [3.05, 3.63) is 46.3 Å². The first kappa shape index (κ1) is 27.2. The van der Waals surface area contributed by atoms with Crippen LogP contribution in [0.25, 0.3) is 0 Å². The van der Waals surface area contributed by atoms with E-state index >= 15 is 0 Å². The molecule has 7 nitrogen and oxygen atoms in total. The predicted molar refractivity (Wildman–Crippen MR) is 136 cm³/mol. The number of hydrogen-bond acceptors (Lipinski definition) is 5. The van der Waals surface area contributed by atoms with Crippen LogP contribution in [0.5, 0.6) is 5.75 Å². The van der Waals surface area contributed by atoms with Gasteiger partial charge in [0.25, 0.3) is 0 Å². The Labute approximate surface area is 203 Å².